The van der Waals surface area contributed by atoms with Gasteiger partial charge in [-0.05, 0) is 73.1 Å². The average molecular weight is 495 g/mol. The molecule has 0 bridgehead atoms. The normalized spacial score (nSPS) is 18.2. The Kier molecular flexibility index (Phi) is 7.52. The van der Waals surface area contributed by atoms with Crippen LogP contribution in [0.15, 0.2) is 71.9 Å². The Morgan fingerprint density at radius 3 is 2.74 bits per heavy atom. The number of carbonyl (C=O) groups is 1. The zero-order valence-electron chi connectivity index (χ0n) is 19.9. The molecule has 1 aromatic heterocycles. The standard InChI is InChI=1S/C27H30N2O5S/c1-19-9-11-22(23(15-27(30)31)12-10-21-6-5-13-28-16-21)14-24(19)18-29-17-20(2)34-25-7-3-4-8-26(25)35(29,32)33/h3-9,11,13-14,16,20,23H,10,12,15,17-18H2,1-2H3,(H,30,31)/t20-,23?/m1/s1. The maximum absolute atomic E-state index is 13.5. The van der Waals surface area contributed by atoms with Crippen LogP contribution < -0.4 is 4.74 Å². The van der Waals surface area contributed by atoms with Crippen LogP contribution in [0.4, 0.5) is 0 Å². The number of carboxylic acid groups (broad SMARTS) is 1. The van der Waals surface area contributed by atoms with Gasteiger partial charge >= 0.3 is 5.97 Å². The molecule has 0 spiro atoms. The van der Waals surface area contributed by atoms with Crippen molar-refractivity contribution < 1.29 is 23.1 Å². The molecule has 7 nitrogen and oxygen atoms in total. The first kappa shape index (κ1) is 24.9. The molecule has 2 atom stereocenters. The molecule has 2 aromatic carbocycles. The first-order valence-corrected chi connectivity index (χ1v) is 13.1. The van der Waals surface area contributed by atoms with Crippen LogP contribution in [-0.2, 0) is 27.8 Å². The second-order valence-electron chi connectivity index (χ2n) is 9.05. The SMILES string of the molecule is Cc1ccc(C(CCc2cccnc2)CC(=O)O)cc1CN1C[C@@H](C)Oc2ccccc2S1(=O)=O. The van der Waals surface area contributed by atoms with E-state index in [9.17, 15) is 18.3 Å². The van der Waals surface area contributed by atoms with E-state index in [-0.39, 0.29) is 36.4 Å². The molecule has 1 unspecified atom stereocenters. The van der Waals surface area contributed by atoms with Crippen LogP contribution >= 0.6 is 0 Å². The molecule has 0 saturated heterocycles. The molecule has 35 heavy (non-hydrogen) atoms. The van der Waals surface area contributed by atoms with Gasteiger partial charge in [-0.15, -0.1) is 0 Å². The van der Waals surface area contributed by atoms with Gasteiger partial charge in [0.2, 0.25) is 10.0 Å². The fourth-order valence-corrected chi connectivity index (χ4v) is 6.09. The summed E-state index contributed by atoms with van der Waals surface area (Å²) >= 11 is 0. The van der Waals surface area contributed by atoms with Crippen LogP contribution in [0.1, 0.15) is 47.9 Å². The van der Waals surface area contributed by atoms with Gasteiger partial charge in [0.25, 0.3) is 0 Å². The van der Waals surface area contributed by atoms with Crippen LogP contribution in [0.5, 0.6) is 5.75 Å². The van der Waals surface area contributed by atoms with E-state index in [1.165, 1.54) is 4.31 Å². The van der Waals surface area contributed by atoms with Gasteiger partial charge < -0.3 is 9.84 Å². The van der Waals surface area contributed by atoms with Crippen molar-refractivity contribution in [2.75, 3.05) is 6.54 Å². The summed E-state index contributed by atoms with van der Waals surface area (Å²) in [5, 5.41) is 9.54. The summed E-state index contributed by atoms with van der Waals surface area (Å²) in [5.74, 6) is -0.693. The first-order valence-electron chi connectivity index (χ1n) is 11.7. The van der Waals surface area contributed by atoms with E-state index < -0.39 is 16.0 Å². The predicted molar refractivity (Wildman–Crippen MR) is 133 cm³/mol. The number of aliphatic carboxylic acids is 1. The number of rotatable bonds is 8. The fourth-order valence-electron chi connectivity index (χ4n) is 4.48. The number of fused-ring (bicyclic) bond motifs is 1. The van der Waals surface area contributed by atoms with E-state index in [4.69, 9.17) is 4.74 Å². The fraction of sp³-hybridized carbons (Fsp3) is 0.333. The Balaban J connectivity index is 1.62. The van der Waals surface area contributed by atoms with Crippen molar-refractivity contribution in [3.63, 3.8) is 0 Å². The Labute approximate surface area is 206 Å². The van der Waals surface area contributed by atoms with Gasteiger partial charge in [0.1, 0.15) is 16.7 Å². The van der Waals surface area contributed by atoms with Crippen molar-refractivity contribution in [1.29, 1.82) is 0 Å². The number of carboxylic acids is 1. The molecular formula is C27H30N2O5S. The van der Waals surface area contributed by atoms with Gasteiger partial charge in [-0.2, -0.15) is 4.31 Å². The summed E-state index contributed by atoms with van der Waals surface area (Å²) in [5.41, 5.74) is 3.76. The lowest BCUT2D eigenvalue weighted by Gasteiger charge is -2.23. The molecule has 1 N–H and O–H groups in total. The van der Waals surface area contributed by atoms with Gasteiger partial charge in [0.05, 0.1) is 13.0 Å². The third kappa shape index (κ3) is 5.89. The molecule has 0 fully saturated rings. The lowest BCUT2D eigenvalue weighted by molar-refractivity contribution is -0.137. The number of benzene rings is 2. The highest BCUT2D eigenvalue weighted by molar-refractivity contribution is 7.89. The quantitative estimate of drug-likeness (QED) is 0.493. The number of sulfonamides is 1. The second-order valence-corrected chi connectivity index (χ2v) is 11.0. The van der Waals surface area contributed by atoms with E-state index in [0.717, 1.165) is 22.3 Å². The zero-order chi connectivity index (χ0) is 25.0. The number of pyridine rings is 1. The van der Waals surface area contributed by atoms with Gasteiger partial charge in [-0.3, -0.25) is 9.78 Å². The molecule has 0 amide bonds. The molecule has 8 heteroatoms. The van der Waals surface area contributed by atoms with Crippen molar-refractivity contribution >= 4 is 16.0 Å². The van der Waals surface area contributed by atoms with Gasteiger partial charge in [0.15, 0.2) is 0 Å². The third-order valence-electron chi connectivity index (χ3n) is 6.37. The van der Waals surface area contributed by atoms with E-state index in [1.807, 2.05) is 44.2 Å². The monoisotopic (exact) mass is 494 g/mol. The number of aryl methyl sites for hydroxylation is 2. The van der Waals surface area contributed by atoms with Crippen LogP contribution in [0, 0.1) is 6.92 Å². The van der Waals surface area contributed by atoms with Crippen molar-refractivity contribution in [1.82, 2.24) is 9.29 Å². The Hall–Kier alpha value is -3.23. The van der Waals surface area contributed by atoms with Crippen LogP contribution in [-0.4, -0.2) is 41.4 Å². The molecule has 3 aromatic rings. The van der Waals surface area contributed by atoms with Crippen LogP contribution in [0.3, 0.4) is 0 Å². The molecule has 0 aliphatic carbocycles. The zero-order valence-corrected chi connectivity index (χ0v) is 20.7. The minimum Gasteiger partial charge on any atom is -0.488 e. The highest BCUT2D eigenvalue weighted by atomic mass is 32.2. The second kappa shape index (κ2) is 10.6. The van der Waals surface area contributed by atoms with E-state index in [0.29, 0.717) is 18.6 Å². The predicted octanol–water partition coefficient (Wildman–Crippen LogP) is 4.55. The van der Waals surface area contributed by atoms with Crippen molar-refractivity contribution in [3.8, 4) is 5.75 Å². The summed E-state index contributed by atoms with van der Waals surface area (Å²) in [7, 11) is -3.76. The Morgan fingerprint density at radius 2 is 2.00 bits per heavy atom. The molecule has 4 rings (SSSR count). The molecule has 0 saturated carbocycles. The van der Waals surface area contributed by atoms with Crippen molar-refractivity contribution in [3.05, 3.63) is 89.2 Å². The summed E-state index contributed by atoms with van der Waals surface area (Å²) in [6, 6.07) is 16.4. The summed E-state index contributed by atoms with van der Waals surface area (Å²) < 4.78 is 34.3. The molecule has 2 heterocycles. The minimum absolute atomic E-state index is 0.00300. The number of hydrogen-bond acceptors (Lipinski definition) is 5. The summed E-state index contributed by atoms with van der Waals surface area (Å²) in [4.78, 5) is 15.9. The number of ether oxygens (including phenoxy) is 1. The highest BCUT2D eigenvalue weighted by Crippen LogP contribution is 2.33. The summed E-state index contributed by atoms with van der Waals surface area (Å²) in [6.07, 6.45) is 4.57. The van der Waals surface area contributed by atoms with Crippen molar-refractivity contribution in [2.24, 2.45) is 0 Å². The lowest BCUT2D eigenvalue weighted by atomic mass is 9.88. The Bertz CT molecular complexity index is 1290. The van der Waals surface area contributed by atoms with Gasteiger partial charge in [0, 0.05) is 18.9 Å². The number of nitrogens with zero attached hydrogens (tertiary/aromatic N) is 2. The topological polar surface area (TPSA) is 96.8 Å². The van der Waals surface area contributed by atoms with Crippen molar-refractivity contribution in [2.45, 2.75) is 56.6 Å². The molecular weight excluding hydrogens is 464 g/mol. The van der Waals surface area contributed by atoms with E-state index >= 15 is 0 Å². The minimum atomic E-state index is -3.76. The lowest BCUT2D eigenvalue weighted by Crippen LogP contribution is -2.35. The third-order valence-corrected chi connectivity index (χ3v) is 8.22. The number of para-hydroxylation sites is 1. The van der Waals surface area contributed by atoms with Gasteiger partial charge in [-0.1, -0.05) is 36.4 Å². The molecule has 0 radical (unpaired) electrons. The first-order chi connectivity index (χ1) is 16.7. The maximum Gasteiger partial charge on any atom is 0.303 e. The van der Waals surface area contributed by atoms with Crippen LogP contribution in [0.2, 0.25) is 0 Å². The summed E-state index contributed by atoms with van der Waals surface area (Å²) in [6.45, 7) is 4.21. The van der Waals surface area contributed by atoms with E-state index in [2.05, 4.69) is 4.98 Å². The largest absolute Gasteiger partial charge is 0.488 e. The number of hydrogen-bond donors (Lipinski definition) is 1. The molecule has 1 aliphatic rings. The smallest absolute Gasteiger partial charge is 0.303 e. The highest BCUT2D eigenvalue weighted by Gasteiger charge is 2.33. The molecule has 184 valence electrons. The average Bonchev–Trinajstić information content (AvgIpc) is 2.92. The van der Waals surface area contributed by atoms with Gasteiger partial charge in [-0.25, -0.2) is 8.42 Å². The Morgan fingerprint density at radius 1 is 1.20 bits per heavy atom. The van der Waals surface area contributed by atoms with E-state index in [1.54, 1.807) is 36.7 Å². The maximum atomic E-state index is 13.5. The molecule has 1 aliphatic heterocycles. The van der Waals surface area contributed by atoms with Crippen LogP contribution in [0.25, 0.3) is 0 Å². The number of aromatic nitrogens is 1.